The first-order chi connectivity index (χ1) is 16.3. The number of halogens is 1. The van der Waals surface area contributed by atoms with Gasteiger partial charge in [-0.15, -0.1) is 0 Å². The molecule has 3 nitrogen and oxygen atoms in total. The van der Waals surface area contributed by atoms with E-state index in [0.717, 1.165) is 16.3 Å². The number of nitrogens with one attached hydrogen (secondary N) is 1. The van der Waals surface area contributed by atoms with Gasteiger partial charge in [0.05, 0.1) is 10.7 Å². The van der Waals surface area contributed by atoms with E-state index in [1.165, 1.54) is 49.0 Å². The predicted molar refractivity (Wildman–Crippen MR) is 163 cm³/mol. The second kappa shape index (κ2) is 26.0. The second-order valence-corrected chi connectivity index (χ2v) is 10.1. The van der Waals surface area contributed by atoms with Gasteiger partial charge in [-0.1, -0.05) is 107 Å². The summed E-state index contributed by atoms with van der Waals surface area (Å²) in [4.78, 5) is 8.00. The maximum absolute atomic E-state index is 8.00. The SMILES string of the molecule is C=O.C=S(C)CC.CC.CCCCC(N)CCC.CNc1ccc(-c2cccc(C)c2)cc1Cl. The number of benzene rings is 2. The lowest BCUT2D eigenvalue weighted by Gasteiger charge is -2.07. The molecule has 0 amide bonds. The molecule has 3 N–H and O–H groups in total. The third-order valence-corrected chi connectivity index (χ3v) is 5.97. The first kappa shape index (κ1) is 36.9. The Kier molecular flexibility index (Phi) is 28.2. The Balaban J connectivity index is -0.000000454. The zero-order chi connectivity index (χ0) is 26.9. The van der Waals surface area contributed by atoms with E-state index >= 15 is 0 Å². The molecule has 0 aliphatic rings. The van der Waals surface area contributed by atoms with E-state index < -0.39 is 0 Å². The molecule has 0 heterocycles. The number of carbonyl (C=O) groups excluding carboxylic acids is 1. The van der Waals surface area contributed by atoms with Crippen LogP contribution in [0.2, 0.25) is 5.02 Å². The molecule has 0 aliphatic carbocycles. The molecule has 0 saturated heterocycles. The van der Waals surface area contributed by atoms with Gasteiger partial charge < -0.3 is 15.8 Å². The molecular formula is C29H51ClN2OS. The highest BCUT2D eigenvalue weighted by atomic mass is 35.5. The van der Waals surface area contributed by atoms with E-state index in [1.807, 2.05) is 39.8 Å². The number of aryl methyl sites for hydroxylation is 1. The molecule has 0 bridgehead atoms. The van der Waals surface area contributed by atoms with E-state index in [-0.39, 0.29) is 0 Å². The molecule has 0 fully saturated rings. The van der Waals surface area contributed by atoms with Gasteiger partial charge in [0.1, 0.15) is 6.79 Å². The Hall–Kier alpha value is -1.62. The highest BCUT2D eigenvalue weighted by Crippen LogP contribution is 2.28. The normalized spacial score (nSPS) is 10.9. The van der Waals surface area contributed by atoms with Crippen LogP contribution in [0, 0.1) is 6.92 Å². The number of hydrogen-bond acceptors (Lipinski definition) is 3. The molecule has 0 saturated carbocycles. The third-order valence-electron chi connectivity index (χ3n) is 4.67. The molecule has 0 aromatic heterocycles. The van der Waals surface area contributed by atoms with E-state index in [4.69, 9.17) is 22.1 Å². The van der Waals surface area contributed by atoms with Crippen molar-refractivity contribution >= 4 is 40.4 Å². The Labute approximate surface area is 218 Å². The van der Waals surface area contributed by atoms with Gasteiger partial charge in [-0.25, -0.2) is 0 Å². The highest BCUT2D eigenvalue weighted by molar-refractivity contribution is 8.13. The fourth-order valence-corrected chi connectivity index (χ4v) is 2.98. The minimum Gasteiger partial charge on any atom is -0.387 e. The molecule has 34 heavy (non-hydrogen) atoms. The summed E-state index contributed by atoms with van der Waals surface area (Å²) in [6, 6.07) is 14.9. The Morgan fingerprint density at radius 2 is 1.56 bits per heavy atom. The van der Waals surface area contributed by atoms with Crippen LogP contribution < -0.4 is 11.1 Å². The lowest BCUT2D eigenvalue weighted by molar-refractivity contribution is -0.0979. The Morgan fingerprint density at radius 1 is 1.00 bits per heavy atom. The molecule has 196 valence electrons. The van der Waals surface area contributed by atoms with Gasteiger partial charge in [-0.2, -0.15) is 10.5 Å². The van der Waals surface area contributed by atoms with Crippen LogP contribution in [0.3, 0.4) is 0 Å². The van der Waals surface area contributed by atoms with E-state index in [2.05, 4.69) is 75.5 Å². The van der Waals surface area contributed by atoms with Gasteiger partial charge in [0.15, 0.2) is 0 Å². The summed E-state index contributed by atoms with van der Waals surface area (Å²) >= 11 is 6.16. The first-order valence-corrected chi connectivity index (χ1v) is 14.6. The van der Waals surface area contributed by atoms with Crippen molar-refractivity contribution in [1.29, 1.82) is 0 Å². The predicted octanol–water partition coefficient (Wildman–Crippen LogP) is 8.84. The van der Waals surface area contributed by atoms with E-state index in [1.54, 1.807) is 0 Å². The van der Waals surface area contributed by atoms with Gasteiger partial charge in [0.25, 0.3) is 0 Å². The lowest BCUT2D eigenvalue weighted by atomic mass is 10.0. The number of rotatable bonds is 8. The van der Waals surface area contributed by atoms with Gasteiger partial charge in [0, 0.05) is 13.1 Å². The average molecular weight is 511 g/mol. The number of anilines is 1. The minimum atomic E-state index is 0.427. The number of carbonyl (C=O) groups is 1. The van der Waals surface area contributed by atoms with E-state index in [9.17, 15) is 0 Å². The van der Waals surface area contributed by atoms with Crippen molar-refractivity contribution in [1.82, 2.24) is 0 Å². The van der Waals surface area contributed by atoms with Crippen LogP contribution in [-0.4, -0.2) is 37.8 Å². The molecule has 0 radical (unpaired) electrons. The number of unbranched alkanes of at least 4 members (excludes halogenated alkanes) is 1. The Bertz CT molecular complexity index is 753. The van der Waals surface area contributed by atoms with Gasteiger partial charge >= 0.3 is 0 Å². The van der Waals surface area contributed by atoms with Crippen molar-refractivity contribution < 1.29 is 4.79 Å². The molecular weight excluding hydrogens is 460 g/mol. The van der Waals surface area contributed by atoms with Crippen molar-refractivity contribution in [3.8, 4) is 11.1 Å². The lowest BCUT2D eigenvalue weighted by Crippen LogP contribution is -2.18. The van der Waals surface area contributed by atoms with Crippen LogP contribution in [-0.2, 0) is 4.79 Å². The van der Waals surface area contributed by atoms with Gasteiger partial charge in [0.2, 0.25) is 0 Å². The summed E-state index contributed by atoms with van der Waals surface area (Å²) < 4.78 is 0. The summed E-state index contributed by atoms with van der Waals surface area (Å²) in [7, 11) is 2.30. The van der Waals surface area contributed by atoms with Crippen LogP contribution in [0.4, 0.5) is 5.69 Å². The summed E-state index contributed by atoms with van der Waals surface area (Å²) in [5.74, 6) is 5.01. The van der Waals surface area contributed by atoms with Crippen molar-refractivity contribution in [2.24, 2.45) is 5.73 Å². The molecule has 0 spiro atoms. The van der Waals surface area contributed by atoms with Crippen LogP contribution in [0.5, 0.6) is 0 Å². The molecule has 2 rings (SSSR count). The fourth-order valence-electron chi connectivity index (χ4n) is 2.70. The van der Waals surface area contributed by atoms with Crippen molar-refractivity contribution in [3.05, 3.63) is 53.1 Å². The zero-order valence-electron chi connectivity index (χ0n) is 23.0. The molecule has 2 aromatic rings. The fraction of sp³-hybridized carbons (Fsp3) is 0.517. The third kappa shape index (κ3) is 19.8. The maximum Gasteiger partial charge on any atom is 0.106 e. The second-order valence-electron chi connectivity index (χ2n) is 7.58. The largest absolute Gasteiger partial charge is 0.387 e. The van der Waals surface area contributed by atoms with Crippen molar-refractivity contribution in [3.63, 3.8) is 0 Å². The molecule has 2 unspecified atom stereocenters. The summed E-state index contributed by atoms with van der Waals surface area (Å²) in [5.41, 5.74) is 10.3. The molecule has 5 heteroatoms. The van der Waals surface area contributed by atoms with Crippen molar-refractivity contribution in [2.75, 3.05) is 24.4 Å². The number of hydrogen-bond donors (Lipinski definition) is 2. The standard InChI is InChI=1S/C14H14ClN.C8H19N.C4H10S.C2H6.CH2O/c1-10-4-3-5-11(8-10)12-6-7-14(16-2)13(15)9-12;1-3-5-7-8(9)6-4-2;1-4-5(2)3;2*1-2/h3-9,16H,1-2H3;8H,3-7,9H2,1-2H3;2,4H2,1,3H3;1-2H3;1H2. The topological polar surface area (TPSA) is 55.1 Å². The van der Waals surface area contributed by atoms with Crippen LogP contribution in [0.25, 0.3) is 11.1 Å². The molecule has 2 atom stereocenters. The van der Waals surface area contributed by atoms with Crippen LogP contribution in [0.15, 0.2) is 42.5 Å². The monoisotopic (exact) mass is 510 g/mol. The highest BCUT2D eigenvalue weighted by Gasteiger charge is 2.02. The summed E-state index contributed by atoms with van der Waals surface area (Å²) in [6.45, 7) is 14.6. The van der Waals surface area contributed by atoms with Crippen LogP contribution >= 0.6 is 22.1 Å². The van der Waals surface area contributed by atoms with Gasteiger partial charge in [-0.3, -0.25) is 0 Å². The smallest absolute Gasteiger partial charge is 0.106 e. The quantitative estimate of drug-likeness (QED) is 0.348. The minimum absolute atomic E-state index is 0.427. The van der Waals surface area contributed by atoms with Gasteiger partial charge in [-0.05, 0) is 55.0 Å². The Morgan fingerprint density at radius 3 is 1.97 bits per heavy atom. The van der Waals surface area contributed by atoms with Crippen LogP contribution in [0.1, 0.15) is 72.3 Å². The molecule has 2 aromatic carbocycles. The summed E-state index contributed by atoms with van der Waals surface area (Å²) in [6.07, 6.45) is 8.34. The average Bonchev–Trinajstić information content (AvgIpc) is 2.86. The van der Waals surface area contributed by atoms with Crippen molar-refractivity contribution in [2.45, 2.75) is 79.7 Å². The van der Waals surface area contributed by atoms with E-state index in [0.29, 0.717) is 16.5 Å². The maximum atomic E-state index is 8.00. The molecule has 0 aliphatic heterocycles. The summed E-state index contributed by atoms with van der Waals surface area (Å²) in [5, 5.41) is 3.80. The first-order valence-electron chi connectivity index (χ1n) is 12.3. The zero-order valence-corrected chi connectivity index (χ0v) is 24.6. The number of nitrogens with two attached hydrogens (primary N) is 1.